The molecule has 1 aromatic rings. The lowest BCUT2D eigenvalue weighted by atomic mass is 9.95. The fourth-order valence-corrected chi connectivity index (χ4v) is 2.74. The molecule has 3 N–H and O–H groups in total. The summed E-state index contributed by atoms with van der Waals surface area (Å²) in [6.07, 6.45) is 1.37. The second kappa shape index (κ2) is 6.15. The van der Waals surface area contributed by atoms with Crippen LogP contribution in [0.4, 0.5) is 0 Å². The van der Waals surface area contributed by atoms with Crippen LogP contribution in [-0.2, 0) is 10.0 Å². The van der Waals surface area contributed by atoms with E-state index in [1.807, 2.05) is 19.9 Å². The van der Waals surface area contributed by atoms with E-state index in [-0.39, 0.29) is 11.4 Å². The lowest BCUT2D eigenvalue weighted by Crippen LogP contribution is -2.49. The van der Waals surface area contributed by atoms with Crippen LogP contribution < -0.4 is 10.5 Å². The summed E-state index contributed by atoms with van der Waals surface area (Å²) in [7, 11) is -3.63. The smallest absolute Gasteiger partial charge is 0.240 e. The molecule has 0 heterocycles. The predicted octanol–water partition coefficient (Wildman–Crippen LogP) is 1.35. The molecule has 0 radical (unpaired) electrons. The normalized spacial score (nSPS) is 12.1. The Morgan fingerprint density at radius 2 is 2.00 bits per heavy atom. The molecule has 6 heteroatoms. The molecule has 5 nitrogen and oxygen atoms in total. The standard InChI is InChI=1S/C13H19N3O2S/c1-3-13(15,4-2)10-16-19(17,18)12-7-5-6-11(8-12)9-14/h5-8,16H,3-4,10,15H2,1-2H3. The number of nitrogens with one attached hydrogen (secondary N) is 1. The van der Waals surface area contributed by atoms with Gasteiger partial charge in [-0.2, -0.15) is 5.26 Å². The van der Waals surface area contributed by atoms with Crippen molar-refractivity contribution in [2.24, 2.45) is 5.73 Å². The Morgan fingerprint density at radius 3 is 2.53 bits per heavy atom. The summed E-state index contributed by atoms with van der Waals surface area (Å²) < 4.78 is 26.7. The zero-order valence-electron chi connectivity index (χ0n) is 11.2. The molecule has 104 valence electrons. The van der Waals surface area contributed by atoms with E-state index in [1.165, 1.54) is 12.1 Å². The summed E-state index contributed by atoms with van der Waals surface area (Å²) in [6.45, 7) is 4.03. The summed E-state index contributed by atoms with van der Waals surface area (Å²) in [5.74, 6) is 0. The second-order valence-corrected chi connectivity index (χ2v) is 6.30. The van der Waals surface area contributed by atoms with Crippen molar-refractivity contribution in [1.29, 1.82) is 5.26 Å². The van der Waals surface area contributed by atoms with Crippen molar-refractivity contribution in [3.63, 3.8) is 0 Å². The van der Waals surface area contributed by atoms with Gasteiger partial charge >= 0.3 is 0 Å². The molecule has 0 aliphatic heterocycles. The van der Waals surface area contributed by atoms with Gasteiger partial charge < -0.3 is 5.73 Å². The minimum absolute atomic E-state index is 0.0844. The predicted molar refractivity (Wildman–Crippen MR) is 73.8 cm³/mol. The van der Waals surface area contributed by atoms with E-state index < -0.39 is 15.6 Å². The molecule has 1 aromatic carbocycles. The summed E-state index contributed by atoms with van der Waals surface area (Å²) in [5, 5.41) is 8.78. The molecule has 0 aromatic heterocycles. The first-order valence-corrected chi connectivity index (χ1v) is 7.64. The van der Waals surface area contributed by atoms with Crippen LogP contribution in [0.1, 0.15) is 32.3 Å². The highest BCUT2D eigenvalue weighted by molar-refractivity contribution is 7.89. The van der Waals surface area contributed by atoms with Gasteiger partial charge in [-0.05, 0) is 31.0 Å². The van der Waals surface area contributed by atoms with E-state index in [0.29, 0.717) is 18.4 Å². The van der Waals surface area contributed by atoms with Crippen LogP contribution in [0.3, 0.4) is 0 Å². The fourth-order valence-electron chi connectivity index (χ4n) is 1.55. The first-order valence-electron chi connectivity index (χ1n) is 6.15. The zero-order chi connectivity index (χ0) is 14.5. The molecule has 1 rings (SSSR count). The topological polar surface area (TPSA) is 96.0 Å². The molecule has 0 unspecified atom stereocenters. The summed E-state index contributed by atoms with van der Waals surface area (Å²) in [4.78, 5) is 0.0844. The van der Waals surface area contributed by atoms with Crippen molar-refractivity contribution in [3.05, 3.63) is 29.8 Å². The Labute approximate surface area is 114 Å². The second-order valence-electron chi connectivity index (χ2n) is 4.53. The van der Waals surface area contributed by atoms with Gasteiger partial charge in [-0.3, -0.25) is 0 Å². The van der Waals surface area contributed by atoms with Crippen LogP contribution in [0.15, 0.2) is 29.2 Å². The Kier molecular flexibility index (Phi) is 5.06. The van der Waals surface area contributed by atoms with Gasteiger partial charge in [0.05, 0.1) is 16.5 Å². The summed E-state index contributed by atoms with van der Waals surface area (Å²) in [5.41, 5.74) is 5.83. The molecule has 0 bridgehead atoms. The maximum Gasteiger partial charge on any atom is 0.240 e. The van der Waals surface area contributed by atoms with Crippen LogP contribution in [0.2, 0.25) is 0 Å². The minimum Gasteiger partial charge on any atom is -0.324 e. The van der Waals surface area contributed by atoms with Crippen LogP contribution in [0, 0.1) is 11.3 Å². The minimum atomic E-state index is -3.63. The summed E-state index contributed by atoms with van der Waals surface area (Å²) in [6, 6.07) is 7.82. The lowest BCUT2D eigenvalue weighted by molar-refractivity contribution is 0.392. The van der Waals surface area contributed by atoms with Crippen molar-refractivity contribution in [1.82, 2.24) is 4.72 Å². The number of rotatable bonds is 6. The highest BCUT2D eigenvalue weighted by Crippen LogP contribution is 2.14. The molecule has 0 atom stereocenters. The monoisotopic (exact) mass is 281 g/mol. The van der Waals surface area contributed by atoms with Gasteiger partial charge in [0.25, 0.3) is 0 Å². The molecular weight excluding hydrogens is 262 g/mol. The molecule has 0 aliphatic rings. The van der Waals surface area contributed by atoms with Gasteiger partial charge in [0, 0.05) is 12.1 Å². The van der Waals surface area contributed by atoms with Crippen LogP contribution in [-0.4, -0.2) is 20.5 Å². The Hall–Kier alpha value is -1.42. The Bertz CT molecular complexity index is 572. The number of nitrogens with zero attached hydrogens (tertiary/aromatic N) is 1. The van der Waals surface area contributed by atoms with Gasteiger partial charge in [0.1, 0.15) is 0 Å². The number of nitrogens with two attached hydrogens (primary N) is 1. The van der Waals surface area contributed by atoms with Crippen LogP contribution in [0.25, 0.3) is 0 Å². The van der Waals surface area contributed by atoms with Gasteiger partial charge in [-0.15, -0.1) is 0 Å². The van der Waals surface area contributed by atoms with Crippen LogP contribution >= 0.6 is 0 Å². The third-order valence-corrected chi connectivity index (χ3v) is 4.69. The Balaban J connectivity index is 2.90. The summed E-state index contributed by atoms with van der Waals surface area (Å²) >= 11 is 0. The van der Waals surface area contributed by atoms with Crippen molar-refractivity contribution < 1.29 is 8.42 Å². The van der Waals surface area contributed by atoms with E-state index in [0.717, 1.165) is 0 Å². The van der Waals surface area contributed by atoms with E-state index in [2.05, 4.69) is 4.72 Å². The molecule has 0 saturated heterocycles. The van der Waals surface area contributed by atoms with Crippen molar-refractivity contribution in [3.8, 4) is 6.07 Å². The molecule has 19 heavy (non-hydrogen) atoms. The number of hydrogen-bond donors (Lipinski definition) is 2. The highest BCUT2D eigenvalue weighted by Gasteiger charge is 2.24. The molecular formula is C13H19N3O2S. The average molecular weight is 281 g/mol. The lowest BCUT2D eigenvalue weighted by Gasteiger charge is -2.26. The molecule has 0 aliphatic carbocycles. The van der Waals surface area contributed by atoms with E-state index >= 15 is 0 Å². The van der Waals surface area contributed by atoms with E-state index in [4.69, 9.17) is 11.0 Å². The quantitative estimate of drug-likeness (QED) is 0.822. The maximum atomic E-state index is 12.1. The maximum absolute atomic E-state index is 12.1. The number of sulfonamides is 1. The SMILES string of the molecule is CCC(N)(CC)CNS(=O)(=O)c1cccc(C#N)c1. The van der Waals surface area contributed by atoms with E-state index in [1.54, 1.807) is 12.1 Å². The first-order chi connectivity index (χ1) is 8.87. The van der Waals surface area contributed by atoms with Crippen molar-refractivity contribution in [2.45, 2.75) is 37.1 Å². The molecule has 0 fully saturated rings. The number of benzene rings is 1. The van der Waals surface area contributed by atoms with Gasteiger partial charge in [0.2, 0.25) is 10.0 Å². The average Bonchev–Trinajstić information content (AvgIpc) is 2.45. The van der Waals surface area contributed by atoms with Gasteiger partial charge in [-0.25, -0.2) is 13.1 Å². The molecule has 0 saturated carbocycles. The molecule has 0 spiro atoms. The Morgan fingerprint density at radius 1 is 1.37 bits per heavy atom. The third-order valence-electron chi connectivity index (χ3n) is 3.30. The van der Waals surface area contributed by atoms with Crippen molar-refractivity contribution in [2.75, 3.05) is 6.54 Å². The van der Waals surface area contributed by atoms with Crippen molar-refractivity contribution >= 4 is 10.0 Å². The number of hydrogen-bond acceptors (Lipinski definition) is 4. The van der Waals surface area contributed by atoms with Crippen LogP contribution in [0.5, 0.6) is 0 Å². The fraction of sp³-hybridized carbons (Fsp3) is 0.462. The van der Waals surface area contributed by atoms with Gasteiger partial charge in [0.15, 0.2) is 0 Å². The molecule has 0 amide bonds. The zero-order valence-corrected chi connectivity index (χ0v) is 12.0. The first kappa shape index (κ1) is 15.6. The number of nitriles is 1. The van der Waals surface area contributed by atoms with Gasteiger partial charge in [-0.1, -0.05) is 19.9 Å². The largest absolute Gasteiger partial charge is 0.324 e. The third kappa shape index (κ3) is 4.03. The van der Waals surface area contributed by atoms with E-state index in [9.17, 15) is 8.42 Å². The highest BCUT2D eigenvalue weighted by atomic mass is 32.2.